The van der Waals surface area contributed by atoms with Crippen molar-refractivity contribution in [2.24, 2.45) is 0 Å². The monoisotopic (exact) mass is 389 g/mol. The summed E-state index contributed by atoms with van der Waals surface area (Å²) in [6, 6.07) is 9.49. The van der Waals surface area contributed by atoms with Crippen molar-refractivity contribution in [1.82, 2.24) is 4.90 Å². The summed E-state index contributed by atoms with van der Waals surface area (Å²) in [4.78, 5) is 24.6. The third-order valence-electron chi connectivity index (χ3n) is 4.02. The first-order valence-electron chi connectivity index (χ1n) is 8.39. The van der Waals surface area contributed by atoms with Crippen molar-refractivity contribution in [3.8, 4) is 17.2 Å². The van der Waals surface area contributed by atoms with E-state index in [2.05, 4.69) is 5.32 Å². The summed E-state index contributed by atoms with van der Waals surface area (Å²) in [7, 11) is 6.36. The highest BCUT2D eigenvalue weighted by atomic mass is 16.6. The molecule has 2 aromatic carbocycles. The van der Waals surface area contributed by atoms with E-state index in [9.17, 15) is 14.9 Å². The maximum absolute atomic E-state index is 12.4. The number of ether oxygens (including phenoxy) is 3. The molecule has 0 bridgehead atoms. The standard InChI is InChI=1S/C19H23N3O6/c1-21(11-13-5-7-15(26-2)10-18(13)28-4)12-19(23)20-16-9-14(22(24)25)6-8-17(16)27-3/h5-10H,11-12H2,1-4H3,(H,20,23). The van der Waals surface area contributed by atoms with E-state index < -0.39 is 4.92 Å². The third kappa shape index (κ3) is 5.34. The van der Waals surface area contributed by atoms with E-state index in [1.165, 1.54) is 25.3 Å². The minimum atomic E-state index is -0.531. The lowest BCUT2D eigenvalue weighted by Gasteiger charge is -2.19. The Morgan fingerprint density at radius 2 is 1.79 bits per heavy atom. The van der Waals surface area contributed by atoms with Crippen LogP contribution in [0.25, 0.3) is 0 Å². The molecule has 0 radical (unpaired) electrons. The van der Waals surface area contributed by atoms with Crippen molar-refractivity contribution in [3.63, 3.8) is 0 Å². The molecule has 0 aliphatic rings. The minimum Gasteiger partial charge on any atom is -0.497 e. The van der Waals surface area contributed by atoms with Crippen LogP contribution in [0.3, 0.4) is 0 Å². The Balaban J connectivity index is 2.05. The lowest BCUT2D eigenvalue weighted by molar-refractivity contribution is -0.384. The number of amides is 1. The highest BCUT2D eigenvalue weighted by Crippen LogP contribution is 2.29. The van der Waals surface area contributed by atoms with Crippen molar-refractivity contribution >= 4 is 17.3 Å². The van der Waals surface area contributed by atoms with Crippen LogP contribution in [0.5, 0.6) is 17.2 Å². The molecule has 0 heterocycles. The van der Waals surface area contributed by atoms with Gasteiger partial charge >= 0.3 is 0 Å². The zero-order chi connectivity index (χ0) is 20.7. The van der Waals surface area contributed by atoms with Crippen molar-refractivity contribution in [2.75, 3.05) is 40.2 Å². The Morgan fingerprint density at radius 1 is 1.07 bits per heavy atom. The van der Waals surface area contributed by atoms with E-state index in [0.29, 0.717) is 23.8 Å². The van der Waals surface area contributed by atoms with Crippen LogP contribution in [-0.2, 0) is 11.3 Å². The van der Waals surface area contributed by atoms with Gasteiger partial charge in [0.15, 0.2) is 0 Å². The molecule has 1 amide bonds. The smallest absolute Gasteiger partial charge is 0.271 e. The molecular formula is C19H23N3O6. The van der Waals surface area contributed by atoms with Crippen LogP contribution in [0, 0.1) is 10.1 Å². The van der Waals surface area contributed by atoms with Gasteiger partial charge in [-0.25, -0.2) is 0 Å². The molecule has 1 N–H and O–H groups in total. The zero-order valence-electron chi connectivity index (χ0n) is 16.2. The summed E-state index contributed by atoms with van der Waals surface area (Å²) in [5.41, 5.74) is 1.01. The molecule has 2 aromatic rings. The first-order chi connectivity index (χ1) is 13.4. The van der Waals surface area contributed by atoms with Gasteiger partial charge in [0.25, 0.3) is 5.69 Å². The molecule has 0 saturated heterocycles. The Hall–Kier alpha value is -3.33. The second kappa shape index (κ2) is 9.56. The van der Waals surface area contributed by atoms with Gasteiger partial charge in [0.05, 0.1) is 38.5 Å². The van der Waals surface area contributed by atoms with E-state index in [1.807, 2.05) is 12.1 Å². The molecule has 0 saturated carbocycles. The van der Waals surface area contributed by atoms with E-state index in [4.69, 9.17) is 14.2 Å². The van der Waals surface area contributed by atoms with Gasteiger partial charge in [-0.2, -0.15) is 0 Å². The summed E-state index contributed by atoms with van der Waals surface area (Å²) in [5, 5.41) is 13.6. The molecule has 0 aliphatic heterocycles. The molecule has 0 spiro atoms. The summed E-state index contributed by atoms with van der Waals surface area (Å²) in [6.45, 7) is 0.535. The number of hydrogen-bond donors (Lipinski definition) is 1. The molecule has 9 heteroatoms. The Kier molecular flexibility index (Phi) is 7.16. The van der Waals surface area contributed by atoms with Crippen molar-refractivity contribution in [2.45, 2.75) is 6.54 Å². The number of benzene rings is 2. The third-order valence-corrected chi connectivity index (χ3v) is 4.02. The summed E-state index contributed by atoms with van der Waals surface area (Å²) < 4.78 is 15.7. The molecule has 0 fully saturated rings. The maximum atomic E-state index is 12.4. The SMILES string of the molecule is COc1ccc(CN(C)CC(=O)Nc2cc([N+](=O)[O-])ccc2OC)c(OC)c1. The fourth-order valence-corrected chi connectivity index (χ4v) is 2.67. The number of nitrogens with zero attached hydrogens (tertiary/aromatic N) is 2. The number of nitro groups is 1. The Morgan fingerprint density at radius 3 is 2.39 bits per heavy atom. The first kappa shape index (κ1) is 21.0. The maximum Gasteiger partial charge on any atom is 0.271 e. The second-order valence-corrected chi connectivity index (χ2v) is 6.04. The molecule has 0 unspecified atom stereocenters. The number of likely N-dealkylation sites (N-methyl/N-ethyl adjacent to an activating group) is 1. The van der Waals surface area contributed by atoms with Gasteiger partial charge in [-0.3, -0.25) is 19.8 Å². The van der Waals surface area contributed by atoms with Gasteiger partial charge in [0.2, 0.25) is 5.91 Å². The van der Waals surface area contributed by atoms with E-state index >= 15 is 0 Å². The minimum absolute atomic E-state index is 0.0705. The molecule has 0 atom stereocenters. The number of nitro benzene ring substituents is 1. The number of rotatable bonds is 9. The molecular weight excluding hydrogens is 366 g/mol. The van der Waals surface area contributed by atoms with Gasteiger partial charge in [-0.15, -0.1) is 0 Å². The largest absolute Gasteiger partial charge is 0.497 e. The summed E-state index contributed by atoms with van der Waals surface area (Å²) in [5.74, 6) is 1.36. The van der Waals surface area contributed by atoms with Gasteiger partial charge in [0.1, 0.15) is 17.2 Å². The van der Waals surface area contributed by atoms with Crippen LogP contribution in [0.15, 0.2) is 36.4 Å². The molecule has 0 aromatic heterocycles. The number of nitrogens with one attached hydrogen (secondary N) is 1. The molecule has 9 nitrogen and oxygen atoms in total. The Labute approximate surface area is 163 Å². The van der Waals surface area contributed by atoms with E-state index in [1.54, 1.807) is 32.2 Å². The van der Waals surface area contributed by atoms with Crippen LogP contribution < -0.4 is 19.5 Å². The highest BCUT2D eigenvalue weighted by Gasteiger charge is 2.16. The number of hydrogen-bond acceptors (Lipinski definition) is 7. The topological polar surface area (TPSA) is 103 Å². The number of methoxy groups -OCH3 is 3. The van der Waals surface area contributed by atoms with E-state index in [-0.39, 0.29) is 23.8 Å². The predicted octanol–water partition coefficient (Wildman–Crippen LogP) is 2.69. The van der Waals surface area contributed by atoms with Gasteiger partial charge < -0.3 is 19.5 Å². The predicted molar refractivity (Wildman–Crippen MR) is 104 cm³/mol. The number of non-ortho nitro benzene ring substituents is 1. The van der Waals surface area contributed by atoms with E-state index in [0.717, 1.165) is 5.56 Å². The normalized spacial score (nSPS) is 10.5. The first-order valence-corrected chi connectivity index (χ1v) is 8.39. The van der Waals surface area contributed by atoms with Gasteiger partial charge in [-0.05, 0) is 19.2 Å². The molecule has 0 aliphatic carbocycles. The number of carbonyl (C=O) groups excluding carboxylic acids is 1. The number of carbonyl (C=O) groups is 1. The lowest BCUT2D eigenvalue weighted by atomic mass is 10.1. The van der Waals surface area contributed by atoms with Crippen LogP contribution in [0.4, 0.5) is 11.4 Å². The average molecular weight is 389 g/mol. The van der Waals surface area contributed by atoms with Crippen molar-refractivity contribution in [1.29, 1.82) is 0 Å². The number of anilines is 1. The molecule has 28 heavy (non-hydrogen) atoms. The lowest BCUT2D eigenvalue weighted by Crippen LogP contribution is -2.30. The second-order valence-electron chi connectivity index (χ2n) is 6.04. The van der Waals surface area contributed by atoms with Gasteiger partial charge in [-0.1, -0.05) is 6.07 Å². The van der Waals surface area contributed by atoms with Crippen molar-refractivity contribution in [3.05, 3.63) is 52.1 Å². The fraction of sp³-hybridized carbons (Fsp3) is 0.316. The fourth-order valence-electron chi connectivity index (χ4n) is 2.67. The quantitative estimate of drug-likeness (QED) is 0.519. The van der Waals surface area contributed by atoms with Crippen LogP contribution in [-0.4, -0.2) is 50.7 Å². The van der Waals surface area contributed by atoms with Crippen LogP contribution >= 0.6 is 0 Å². The Bertz CT molecular complexity index is 856. The molecule has 2 rings (SSSR count). The highest BCUT2D eigenvalue weighted by molar-refractivity contribution is 5.94. The summed E-state index contributed by atoms with van der Waals surface area (Å²) in [6.07, 6.45) is 0. The zero-order valence-corrected chi connectivity index (χ0v) is 16.2. The average Bonchev–Trinajstić information content (AvgIpc) is 2.67. The van der Waals surface area contributed by atoms with Gasteiger partial charge in [0, 0.05) is 30.3 Å². The van der Waals surface area contributed by atoms with Crippen LogP contribution in [0.1, 0.15) is 5.56 Å². The molecule has 150 valence electrons. The summed E-state index contributed by atoms with van der Waals surface area (Å²) >= 11 is 0. The van der Waals surface area contributed by atoms with Crippen molar-refractivity contribution < 1.29 is 23.9 Å². The van der Waals surface area contributed by atoms with Crippen LogP contribution in [0.2, 0.25) is 0 Å².